The van der Waals surface area contributed by atoms with Gasteiger partial charge in [0.2, 0.25) is 0 Å². The second kappa shape index (κ2) is 5.17. The van der Waals surface area contributed by atoms with Crippen LogP contribution in [0.25, 0.3) is 10.8 Å². The molecule has 0 aliphatic rings. The van der Waals surface area contributed by atoms with Gasteiger partial charge in [-0.05, 0) is 23.8 Å². The maximum absolute atomic E-state index is 11.9. The predicted octanol–water partition coefficient (Wildman–Crippen LogP) is 2.52. The molecule has 2 aromatic carbocycles. The first-order chi connectivity index (χ1) is 9.78. The molecule has 0 spiro atoms. The van der Waals surface area contributed by atoms with Crippen molar-refractivity contribution in [3.8, 4) is 5.75 Å². The highest BCUT2D eigenvalue weighted by Gasteiger charge is 2.08. The summed E-state index contributed by atoms with van der Waals surface area (Å²) in [4.78, 5) is 11.9. The third kappa shape index (κ3) is 2.28. The van der Waals surface area contributed by atoms with Crippen LogP contribution in [0.4, 0.5) is 0 Å². The number of benzene rings is 2. The van der Waals surface area contributed by atoms with Crippen LogP contribution in [0.2, 0.25) is 0 Å². The molecule has 4 nitrogen and oxygen atoms in total. The Bertz CT molecular complexity index is 794. The molecule has 100 valence electrons. The van der Waals surface area contributed by atoms with Gasteiger partial charge in [-0.3, -0.25) is 4.79 Å². The topological polar surface area (TPSA) is 55.0 Å². The molecule has 0 amide bonds. The summed E-state index contributed by atoms with van der Waals surface area (Å²) in [6, 6.07) is 15.5. The van der Waals surface area contributed by atoms with Crippen molar-refractivity contribution in [2.75, 3.05) is 7.11 Å². The van der Waals surface area contributed by atoms with Gasteiger partial charge in [0.25, 0.3) is 5.56 Å². The summed E-state index contributed by atoms with van der Waals surface area (Å²) in [7, 11) is 1.58. The number of methoxy groups -OCH3 is 1. The summed E-state index contributed by atoms with van der Waals surface area (Å²) in [5, 5.41) is 8.19. The summed E-state index contributed by atoms with van der Waals surface area (Å²) in [5.41, 5.74) is 1.81. The number of nitrogens with zero attached hydrogens (tertiary/aromatic N) is 1. The Morgan fingerprint density at radius 1 is 1.10 bits per heavy atom. The SMILES string of the molecule is COc1ccc2c(Cc3ccccc3)n[nH]c(=O)c2c1. The molecular weight excluding hydrogens is 252 g/mol. The van der Waals surface area contributed by atoms with Crippen LogP contribution in [0.3, 0.4) is 0 Å². The van der Waals surface area contributed by atoms with E-state index in [-0.39, 0.29) is 5.56 Å². The number of ether oxygens (including phenoxy) is 1. The molecular formula is C16H14N2O2. The Morgan fingerprint density at radius 2 is 1.90 bits per heavy atom. The molecule has 1 N–H and O–H groups in total. The Kier molecular flexibility index (Phi) is 3.21. The van der Waals surface area contributed by atoms with Crippen molar-refractivity contribution in [1.29, 1.82) is 0 Å². The average molecular weight is 266 g/mol. The fourth-order valence-electron chi connectivity index (χ4n) is 2.25. The molecule has 0 saturated carbocycles. The van der Waals surface area contributed by atoms with Crippen LogP contribution >= 0.6 is 0 Å². The van der Waals surface area contributed by atoms with E-state index in [2.05, 4.69) is 10.2 Å². The molecule has 0 saturated heterocycles. The Balaban J connectivity index is 2.12. The molecule has 0 bridgehead atoms. The number of hydrogen-bond acceptors (Lipinski definition) is 3. The zero-order valence-electron chi connectivity index (χ0n) is 11.1. The molecule has 4 heteroatoms. The van der Waals surface area contributed by atoms with Gasteiger partial charge in [0.1, 0.15) is 5.75 Å². The van der Waals surface area contributed by atoms with Gasteiger partial charge in [-0.25, -0.2) is 5.10 Å². The quantitative estimate of drug-likeness (QED) is 0.792. The molecule has 0 aliphatic carbocycles. The third-order valence-electron chi connectivity index (χ3n) is 3.29. The van der Waals surface area contributed by atoms with Gasteiger partial charge in [-0.2, -0.15) is 5.10 Å². The lowest BCUT2D eigenvalue weighted by molar-refractivity contribution is 0.415. The number of H-pyrrole nitrogens is 1. The highest BCUT2D eigenvalue weighted by molar-refractivity contribution is 5.85. The van der Waals surface area contributed by atoms with Gasteiger partial charge in [0.15, 0.2) is 0 Å². The lowest BCUT2D eigenvalue weighted by atomic mass is 10.0. The van der Waals surface area contributed by atoms with Gasteiger partial charge in [0, 0.05) is 11.8 Å². The fraction of sp³-hybridized carbons (Fsp3) is 0.125. The zero-order valence-corrected chi connectivity index (χ0v) is 11.1. The van der Waals surface area contributed by atoms with Gasteiger partial charge >= 0.3 is 0 Å². The molecule has 1 aromatic heterocycles. The molecule has 3 rings (SSSR count). The van der Waals surface area contributed by atoms with Gasteiger partial charge in [-0.15, -0.1) is 0 Å². The van der Waals surface area contributed by atoms with Crippen LogP contribution in [-0.2, 0) is 6.42 Å². The van der Waals surface area contributed by atoms with Crippen LogP contribution in [0.5, 0.6) is 5.75 Å². The fourth-order valence-corrected chi connectivity index (χ4v) is 2.25. The smallest absolute Gasteiger partial charge is 0.272 e. The highest BCUT2D eigenvalue weighted by Crippen LogP contribution is 2.21. The van der Waals surface area contributed by atoms with E-state index in [0.717, 1.165) is 16.6 Å². The summed E-state index contributed by atoms with van der Waals surface area (Å²) in [5.74, 6) is 0.667. The zero-order chi connectivity index (χ0) is 13.9. The van der Waals surface area contributed by atoms with Crippen LogP contribution in [0.1, 0.15) is 11.3 Å². The van der Waals surface area contributed by atoms with Crippen molar-refractivity contribution < 1.29 is 4.74 Å². The van der Waals surface area contributed by atoms with E-state index in [9.17, 15) is 4.79 Å². The van der Waals surface area contributed by atoms with Crippen LogP contribution in [0, 0.1) is 0 Å². The van der Waals surface area contributed by atoms with E-state index in [0.29, 0.717) is 17.6 Å². The maximum atomic E-state index is 11.9. The van der Waals surface area contributed by atoms with Gasteiger partial charge in [0.05, 0.1) is 18.2 Å². The summed E-state index contributed by atoms with van der Waals surface area (Å²) in [6.07, 6.45) is 0.681. The molecule has 3 aromatic rings. The normalized spacial score (nSPS) is 10.7. The van der Waals surface area contributed by atoms with E-state index in [1.807, 2.05) is 42.5 Å². The van der Waals surface area contributed by atoms with Crippen molar-refractivity contribution in [1.82, 2.24) is 10.2 Å². The maximum Gasteiger partial charge on any atom is 0.272 e. The number of hydrogen-bond donors (Lipinski definition) is 1. The minimum Gasteiger partial charge on any atom is -0.497 e. The minimum atomic E-state index is -0.198. The number of rotatable bonds is 3. The molecule has 20 heavy (non-hydrogen) atoms. The van der Waals surface area contributed by atoms with E-state index >= 15 is 0 Å². The minimum absolute atomic E-state index is 0.198. The van der Waals surface area contributed by atoms with E-state index in [1.54, 1.807) is 13.2 Å². The van der Waals surface area contributed by atoms with E-state index < -0.39 is 0 Å². The number of aromatic nitrogens is 2. The van der Waals surface area contributed by atoms with Gasteiger partial charge in [-0.1, -0.05) is 30.3 Å². The highest BCUT2D eigenvalue weighted by atomic mass is 16.5. The Hall–Kier alpha value is -2.62. The Labute approximate surface area is 116 Å². The standard InChI is InChI=1S/C16H14N2O2/c1-20-12-7-8-13-14(10-12)16(19)18-17-15(13)9-11-5-3-2-4-6-11/h2-8,10H,9H2,1H3,(H,18,19). The first-order valence-electron chi connectivity index (χ1n) is 6.37. The summed E-state index contributed by atoms with van der Waals surface area (Å²) >= 11 is 0. The van der Waals surface area contributed by atoms with Crippen molar-refractivity contribution in [3.05, 3.63) is 70.1 Å². The summed E-state index contributed by atoms with van der Waals surface area (Å²) in [6.45, 7) is 0. The second-order valence-electron chi connectivity index (χ2n) is 4.57. The third-order valence-corrected chi connectivity index (χ3v) is 3.29. The van der Waals surface area contributed by atoms with Crippen molar-refractivity contribution in [2.24, 2.45) is 0 Å². The monoisotopic (exact) mass is 266 g/mol. The largest absolute Gasteiger partial charge is 0.497 e. The molecule has 1 heterocycles. The van der Waals surface area contributed by atoms with Crippen molar-refractivity contribution >= 4 is 10.8 Å². The average Bonchev–Trinajstić information content (AvgIpc) is 2.51. The Morgan fingerprint density at radius 3 is 2.65 bits per heavy atom. The molecule has 0 fully saturated rings. The van der Waals surface area contributed by atoms with E-state index in [4.69, 9.17) is 4.74 Å². The molecule has 0 unspecified atom stereocenters. The second-order valence-corrected chi connectivity index (χ2v) is 4.57. The first kappa shape index (κ1) is 12.4. The number of aromatic amines is 1. The molecule has 0 atom stereocenters. The number of nitrogens with one attached hydrogen (secondary N) is 1. The molecule has 0 aliphatic heterocycles. The van der Waals surface area contributed by atoms with Crippen LogP contribution < -0.4 is 10.3 Å². The van der Waals surface area contributed by atoms with Crippen molar-refractivity contribution in [3.63, 3.8) is 0 Å². The predicted molar refractivity (Wildman–Crippen MR) is 78.2 cm³/mol. The van der Waals surface area contributed by atoms with Crippen LogP contribution in [0.15, 0.2) is 53.3 Å². The molecule has 0 radical (unpaired) electrons. The number of fused-ring (bicyclic) bond motifs is 1. The van der Waals surface area contributed by atoms with Gasteiger partial charge < -0.3 is 4.74 Å². The lowest BCUT2D eigenvalue weighted by Gasteiger charge is -2.06. The lowest BCUT2D eigenvalue weighted by Crippen LogP contribution is -2.11. The van der Waals surface area contributed by atoms with Crippen LogP contribution in [-0.4, -0.2) is 17.3 Å². The summed E-state index contributed by atoms with van der Waals surface area (Å²) < 4.78 is 5.16. The first-order valence-corrected chi connectivity index (χ1v) is 6.37. The van der Waals surface area contributed by atoms with Crippen molar-refractivity contribution in [2.45, 2.75) is 6.42 Å². The van der Waals surface area contributed by atoms with E-state index in [1.165, 1.54) is 0 Å².